The third kappa shape index (κ3) is 6.47. The molecule has 0 aromatic heterocycles. The number of nitrogens with two attached hydrogens (primary N) is 1. The van der Waals surface area contributed by atoms with Crippen molar-refractivity contribution in [3.63, 3.8) is 0 Å². The lowest BCUT2D eigenvalue weighted by Crippen LogP contribution is -2.36. The molecule has 0 aliphatic rings. The van der Waals surface area contributed by atoms with E-state index in [1.54, 1.807) is 11.4 Å². The van der Waals surface area contributed by atoms with Crippen LogP contribution < -0.4 is 21.1 Å². The van der Waals surface area contributed by atoms with E-state index in [1.807, 2.05) is 0 Å². The summed E-state index contributed by atoms with van der Waals surface area (Å²) in [5.74, 6) is 0.153. The first-order valence-electron chi connectivity index (χ1n) is 5.43. The highest BCUT2D eigenvalue weighted by atomic mass is 19.4. The van der Waals surface area contributed by atoms with E-state index in [9.17, 15) is 18.0 Å². The maximum absolute atomic E-state index is 11.9. The highest BCUT2D eigenvalue weighted by Crippen LogP contribution is 2.17. The van der Waals surface area contributed by atoms with Gasteiger partial charge in [0, 0.05) is 11.8 Å². The third-order valence-electron chi connectivity index (χ3n) is 1.94. The van der Waals surface area contributed by atoms with Gasteiger partial charge in [0.1, 0.15) is 24.7 Å². The number of nitrogens with one attached hydrogen (secondary N) is 3. The van der Waals surface area contributed by atoms with Crippen molar-refractivity contribution in [2.24, 2.45) is 5.73 Å². The van der Waals surface area contributed by atoms with Crippen molar-refractivity contribution in [2.75, 3.05) is 18.5 Å². The first-order valence-corrected chi connectivity index (χ1v) is 5.43. The summed E-state index contributed by atoms with van der Waals surface area (Å²) in [5.41, 5.74) is 5.37. The largest absolute Gasteiger partial charge is 0.486 e. The number of hydrogen-bond donors (Lipinski definition) is 4. The minimum absolute atomic E-state index is 0.121. The molecule has 0 unspecified atom stereocenters. The van der Waals surface area contributed by atoms with Crippen molar-refractivity contribution < 1.29 is 22.7 Å². The van der Waals surface area contributed by atoms with Crippen molar-refractivity contribution in [2.45, 2.75) is 6.18 Å². The number of urea groups is 1. The van der Waals surface area contributed by atoms with Gasteiger partial charge in [-0.1, -0.05) is 6.07 Å². The summed E-state index contributed by atoms with van der Waals surface area (Å²) in [5, 5.41) is 10.9. The molecule has 6 nitrogen and oxygen atoms in total. The SMILES string of the molecule is N=C(N)COc1cccc(NC(=O)NCC(F)(F)F)c1. The summed E-state index contributed by atoms with van der Waals surface area (Å²) in [6.07, 6.45) is -4.47. The molecule has 9 heteroatoms. The van der Waals surface area contributed by atoms with Crippen LogP contribution in [0.15, 0.2) is 24.3 Å². The molecule has 110 valence electrons. The highest BCUT2D eigenvalue weighted by Gasteiger charge is 2.27. The van der Waals surface area contributed by atoms with Crippen LogP contribution in [0.2, 0.25) is 0 Å². The Morgan fingerprint density at radius 3 is 2.70 bits per heavy atom. The molecule has 0 aliphatic carbocycles. The second-order valence-electron chi connectivity index (χ2n) is 3.76. The fraction of sp³-hybridized carbons (Fsp3) is 0.273. The molecular weight excluding hydrogens is 277 g/mol. The standard InChI is InChI=1S/C11H13F3N4O2/c12-11(13,14)6-17-10(19)18-7-2-1-3-8(4-7)20-5-9(15)16/h1-4H,5-6H2,(H3,15,16)(H2,17,18,19). The summed E-state index contributed by atoms with van der Waals surface area (Å²) in [4.78, 5) is 11.2. The lowest BCUT2D eigenvalue weighted by atomic mass is 10.3. The maximum atomic E-state index is 11.9. The maximum Gasteiger partial charge on any atom is 0.405 e. The number of amidine groups is 1. The first kappa shape index (κ1) is 15.6. The van der Waals surface area contributed by atoms with Crippen molar-refractivity contribution in [3.8, 4) is 5.75 Å². The number of halogens is 3. The summed E-state index contributed by atoms with van der Waals surface area (Å²) in [7, 11) is 0. The van der Waals surface area contributed by atoms with E-state index >= 15 is 0 Å². The zero-order valence-corrected chi connectivity index (χ0v) is 10.3. The predicted molar refractivity (Wildman–Crippen MR) is 66.9 cm³/mol. The van der Waals surface area contributed by atoms with Gasteiger partial charge < -0.3 is 21.1 Å². The average Bonchev–Trinajstić information content (AvgIpc) is 2.34. The van der Waals surface area contributed by atoms with Gasteiger partial charge >= 0.3 is 12.2 Å². The Balaban J connectivity index is 2.53. The Kier molecular flexibility index (Phi) is 5.18. The minimum Gasteiger partial charge on any atom is -0.486 e. The van der Waals surface area contributed by atoms with E-state index in [0.29, 0.717) is 5.75 Å². The smallest absolute Gasteiger partial charge is 0.405 e. The molecular formula is C11H13F3N4O2. The van der Waals surface area contributed by atoms with Crippen LogP contribution >= 0.6 is 0 Å². The summed E-state index contributed by atoms with van der Waals surface area (Å²) < 4.78 is 40.8. The van der Waals surface area contributed by atoms with E-state index in [4.69, 9.17) is 15.9 Å². The van der Waals surface area contributed by atoms with Crippen molar-refractivity contribution in [1.29, 1.82) is 5.41 Å². The molecule has 0 saturated heterocycles. The van der Waals surface area contributed by atoms with E-state index in [2.05, 4.69) is 5.32 Å². The molecule has 1 rings (SSSR count). The molecule has 1 aromatic carbocycles. The van der Waals surface area contributed by atoms with E-state index in [1.165, 1.54) is 18.2 Å². The van der Waals surface area contributed by atoms with Gasteiger partial charge in [-0.25, -0.2) is 4.79 Å². The lowest BCUT2D eigenvalue weighted by molar-refractivity contribution is -0.122. The van der Waals surface area contributed by atoms with Crippen molar-refractivity contribution in [1.82, 2.24) is 5.32 Å². The quantitative estimate of drug-likeness (QED) is 0.490. The van der Waals surface area contributed by atoms with Crippen LogP contribution in [-0.2, 0) is 0 Å². The van der Waals surface area contributed by atoms with Gasteiger partial charge in [0.25, 0.3) is 0 Å². The van der Waals surface area contributed by atoms with Crippen molar-refractivity contribution >= 4 is 17.6 Å². The van der Waals surface area contributed by atoms with Crippen LogP contribution in [-0.4, -0.2) is 31.2 Å². The number of rotatable bonds is 5. The van der Waals surface area contributed by atoms with Crippen LogP contribution in [0.25, 0.3) is 0 Å². The van der Waals surface area contributed by atoms with Crippen LogP contribution in [0.1, 0.15) is 0 Å². The molecule has 5 N–H and O–H groups in total. The zero-order valence-electron chi connectivity index (χ0n) is 10.3. The van der Waals surface area contributed by atoms with E-state index in [-0.39, 0.29) is 18.1 Å². The topological polar surface area (TPSA) is 100 Å². The van der Waals surface area contributed by atoms with Crippen LogP contribution in [0.5, 0.6) is 5.75 Å². The zero-order chi connectivity index (χ0) is 15.2. The number of alkyl halides is 3. The predicted octanol–water partition coefficient (Wildman–Crippen LogP) is 1.69. The number of amides is 2. The number of ether oxygens (including phenoxy) is 1. The molecule has 2 amide bonds. The van der Waals surface area contributed by atoms with Gasteiger partial charge in [-0.3, -0.25) is 5.41 Å². The molecule has 20 heavy (non-hydrogen) atoms. The second kappa shape index (κ2) is 6.64. The summed E-state index contributed by atoms with van der Waals surface area (Å²) in [6.45, 7) is -1.54. The average molecular weight is 290 g/mol. The normalized spacial score (nSPS) is 10.8. The fourth-order valence-corrected chi connectivity index (χ4v) is 1.18. The third-order valence-corrected chi connectivity index (χ3v) is 1.94. The van der Waals surface area contributed by atoms with Crippen LogP contribution in [0.4, 0.5) is 23.7 Å². The Labute approximate surface area is 112 Å². The summed E-state index contributed by atoms with van der Waals surface area (Å²) >= 11 is 0. The Bertz CT molecular complexity index is 491. The fourth-order valence-electron chi connectivity index (χ4n) is 1.18. The molecule has 0 bridgehead atoms. The number of hydrogen-bond acceptors (Lipinski definition) is 3. The first-order chi connectivity index (χ1) is 9.26. The van der Waals surface area contributed by atoms with Gasteiger partial charge in [0.2, 0.25) is 0 Å². The molecule has 0 atom stereocenters. The minimum atomic E-state index is -4.47. The number of anilines is 1. The van der Waals surface area contributed by atoms with Crippen LogP contribution in [0, 0.1) is 5.41 Å². The molecule has 0 radical (unpaired) electrons. The number of carbonyl (C=O) groups excluding carboxylic acids is 1. The Morgan fingerprint density at radius 1 is 1.40 bits per heavy atom. The summed E-state index contributed by atoms with van der Waals surface area (Å²) in [6, 6.07) is 4.99. The second-order valence-corrected chi connectivity index (χ2v) is 3.76. The monoisotopic (exact) mass is 290 g/mol. The van der Waals surface area contributed by atoms with E-state index < -0.39 is 18.8 Å². The van der Waals surface area contributed by atoms with E-state index in [0.717, 1.165) is 0 Å². The van der Waals surface area contributed by atoms with Gasteiger partial charge in [-0.05, 0) is 12.1 Å². The molecule has 0 spiro atoms. The van der Waals surface area contributed by atoms with Gasteiger partial charge in [0.05, 0.1) is 0 Å². The van der Waals surface area contributed by atoms with Gasteiger partial charge in [-0.15, -0.1) is 0 Å². The Morgan fingerprint density at radius 2 is 2.10 bits per heavy atom. The van der Waals surface area contributed by atoms with Gasteiger partial charge in [-0.2, -0.15) is 13.2 Å². The number of carbonyl (C=O) groups is 1. The Hall–Kier alpha value is -2.45. The van der Waals surface area contributed by atoms with Crippen molar-refractivity contribution in [3.05, 3.63) is 24.3 Å². The molecule has 0 fully saturated rings. The molecule has 0 heterocycles. The molecule has 0 saturated carbocycles. The molecule has 0 aliphatic heterocycles. The van der Waals surface area contributed by atoms with Crippen LogP contribution in [0.3, 0.4) is 0 Å². The highest BCUT2D eigenvalue weighted by molar-refractivity contribution is 5.89. The lowest BCUT2D eigenvalue weighted by Gasteiger charge is -2.11. The number of benzene rings is 1. The van der Waals surface area contributed by atoms with Gasteiger partial charge in [0.15, 0.2) is 0 Å². The molecule has 1 aromatic rings.